The Hall–Kier alpha value is -1.81. The molecule has 0 amide bonds. The lowest BCUT2D eigenvalue weighted by Crippen LogP contribution is -2.04. The Labute approximate surface area is 110 Å². The second-order valence-electron chi connectivity index (χ2n) is 3.91. The maximum atomic E-state index is 10.8. The van der Waals surface area contributed by atoms with Gasteiger partial charge >= 0.3 is 0 Å². The van der Waals surface area contributed by atoms with Gasteiger partial charge in [-0.25, -0.2) is 0 Å². The Bertz CT molecular complexity index is 561. The van der Waals surface area contributed by atoms with Crippen LogP contribution in [0.25, 0.3) is 0 Å². The highest BCUT2D eigenvalue weighted by Crippen LogP contribution is 2.18. The molecule has 0 aliphatic rings. The second kappa shape index (κ2) is 5.23. The highest BCUT2D eigenvalue weighted by molar-refractivity contribution is 6.31. The van der Waals surface area contributed by atoms with Crippen LogP contribution in [0.5, 0.6) is 5.75 Å². The molecule has 4 nitrogen and oxygen atoms in total. The lowest BCUT2D eigenvalue weighted by Gasteiger charge is -2.05. The molecule has 0 bridgehead atoms. The zero-order chi connectivity index (χ0) is 13.1. The van der Waals surface area contributed by atoms with Crippen LogP contribution in [0.15, 0.2) is 24.3 Å². The van der Waals surface area contributed by atoms with Crippen LogP contribution in [-0.4, -0.2) is 23.2 Å². The highest BCUT2D eigenvalue weighted by atomic mass is 35.5. The fourth-order valence-corrected chi connectivity index (χ4v) is 1.99. The van der Waals surface area contributed by atoms with Gasteiger partial charge in [0.05, 0.1) is 19.2 Å². The monoisotopic (exact) mass is 264 g/mol. The molecule has 5 heteroatoms. The standard InChI is InChI=1S/C13H13ClN2O2/c1-9-12(8-17)13(14)15-16(9)7-10-3-5-11(18-2)6-4-10/h3-6,8H,7H2,1-2H3. The van der Waals surface area contributed by atoms with Gasteiger partial charge in [0.1, 0.15) is 5.75 Å². The molecule has 0 atom stereocenters. The highest BCUT2D eigenvalue weighted by Gasteiger charge is 2.12. The molecule has 0 spiro atoms. The van der Waals surface area contributed by atoms with Crippen molar-refractivity contribution in [3.05, 3.63) is 46.2 Å². The van der Waals surface area contributed by atoms with Crippen molar-refractivity contribution >= 4 is 17.9 Å². The molecule has 0 aliphatic heterocycles. The van der Waals surface area contributed by atoms with E-state index in [1.165, 1.54) is 0 Å². The summed E-state index contributed by atoms with van der Waals surface area (Å²) in [5, 5.41) is 4.38. The van der Waals surface area contributed by atoms with Gasteiger partial charge in [0, 0.05) is 5.69 Å². The number of benzene rings is 1. The van der Waals surface area contributed by atoms with Crippen molar-refractivity contribution in [2.75, 3.05) is 7.11 Å². The number of methoxy groups -OCH3 is 1. The molecule has 18 heavy (non-hydrogen) atoms. The van der Waals surface area contributed by atoms with Gasteiger partial charge in [0.2, 0.25) is 0 Å². The van der Waals surface area contributed by atoms with Crippen LogP contribution in [0.4, 0.5) is 0 Å². The largest absolute Gasteiger partial charge is 0.497 e. The predicted octanol–water partition coefficient (Wildman–Crippen LogP) is 2.71. The van der Waals surface area contributed by atoms with Gasteiger partial charge in [-0.1, -0.05) is 23.7 Å². The number of nitrogens with zero attached hydrogens (tertiary/aromatic N) is 2. The van der Waals surface area contributed by atoms with E-state index in [2.05, 4.69) is 5.10 Å². The molecular weight excluding hydrogens is 252 g/mol. The SMILES string of the molecule is COc1ccc(Cn2nc(Cl)c(C=O)c2C)cc1. The van der Waals surface area contributed by atoms with Gasteiger partial charge in [-0.2, -0.15) is 5.10 Å². The van der Waals surface area contributed by atoms with E-state index in [1.54, 1.807) is 11.8 Å². The van der Waals surface area contributed by atoms with Crippen molar-refractivity contribution in [2.24, 2.45) is 0 Å². The molecule has 0 saturated carbocycles. The fourth-order valence-electron chi connectivity index (χ4n) is 1.71. The predicted molar refractivity (Wildman–Crippen MR) is 69.5 cm³/mol. The second-order valence-corrected chi connectivity index (χ2v) is 4.27. The molecule has 0 unspecified atom stereocenters. The van der Waals surface area contributed by atoms with Crippen molar-refractivity contribution in [3.8, 4) is 5.75 Å². The zero-order valence-corrected chi connectivity index (χ0v) is 10.9. The third-order valence-corrected chi connectivity index (χ3v) is 3.10. The smallest absolute Gasteiger partial charge is 0.161 e. The Morgan fingerprint density at radius 3 is 2.56 bits per heavy atom. The van der Waals surface area contributed by atoms with Gasteiger partial charge < -0.3 is 4.74 Å². The summed E-state index contributed by atoms with van der Waals surface area (Å²) in [7, 11) is 1.63. The van der Waals surface area contributed by atoms with Crippen LogP contribution >= 0.6 is 11.6 Å². The minimum absolute atomic E-state index is 0.246. The Morgan fingerprint density at radius 1 is 1.39 bits per heavy atom. The number of aldehydes is 1. The number of halogens is 1. The number of carbonyl (C=O) groups is 1. The first-order chi connectivity index (χ1) is 8.65. The van der Waals surface area contributed by atoms with E-state index < -0.39 is 0 Å². The number of hydrogen-bond acceptors (Lipinski definition) is 3. The molecule has 2 rings (SSSR count). The third kappa shape index (κ3) is 2.38. The maximum absolute atomic E-state index is 10.8. The lowest BCUT2D eigenvalue weighted by molar-refractivity contribution is 0.112. The summed E-state index contributed by atoms with van der Waals surface area (Å²) >= 11 is 5.88. The van der Waals surface area contributed by atoms with E-state index in [4.69, 9.17) is 16.3 Å². The normalized spacial score (nSPS) is 10.4. The van der Waals surface area contributed by atoms with Crippen LogP contribution in [0.2, 0.25) is 5.15 Å². The number of hydrogen-bond donors (Lipinski definition) is 0. The van der Waals surface area contributed by atoms with Crippen molar-refractivity contribution in [1.29, 1.82) is 0 Å². The number of carbonyl (C=O) groups excluding carboxylic acids is 1. The van der Waals surface area contributed by atoms with E-state index in [0.717, 1.165) is 23.3 Å². The van der Waals surface area contributed by atoms with Crippen LogP contribution < -0.4 is 4.74 Å². The minimum Gasteiger partial charge on any atom is -0.497 e. The summed E-state index contributed by atoms with van der Waals surface area (Å²) in [6.45, 7) is 2.40. The topological polar surface area (TPSA) is 44.1 Å². The molecule has 1 heterocycles. The first-order valence-corrected chi connectivity index (χ1v) is 5.84. The maximum Gasteiger partial charge on any atom is 0.161 e. The summed E-state index contributed by atoms with van der Waals surface area (Å²) < 4.78 is 6.81. The van der Waals surface area contributed by atoms with Crippen molar-refractivity contribution < 1.29 is 9.53 Å². The number of aromatic nitrogens is 2. The lowest BCUT2D eigenvalue weighted by atomic mass is 10.2. The Kier molecular flexibility index (Phi) is 3.67. The molecule has 2 aromatic rings. The molecular formula is C13H13ClN2O2. The van der Waals surface area contributed by atoms with Gasteiger partial charge in [-0.3, -0.25) is 9.48 Å². The summed E-state index contributed by atoms with van der Waals surface area (Å²) in [4.78, 5) is 10.8. The molecule has 94 valence electrons. The molecule has 0 aliphatic carbocycles. The van der Waals surface area contributed by atoms with Crippen molar-refractivity contribution in [3.63, 3.8) is 0 Å². The van der Waals surface area contributed by atoms with E-state index in [1.807, 2.05) is 31.2 Å². The van der Waals surface area contributed by atoms with Crippen molar-refractivity contribution in [2.45, 2.75) is 13.5 Å². The molecule has 1 aromatic heterocycles. The van der Waals surface area contributed by atoms with Gasteiger partial charge in [-0.05, 0) is 24.6 Å². The number of ether oxygens (including phenoxy) is 1. The Morgan fingerprint density at radius 2 is 2.06 bits per heavy atom. The summed E-state index contributed by atoms with van der Waals surface area (Å²) in [5.74, 6) is 0.808. The van der Waals surface area contributed by atoms with Gasteiger partial charge in [-0.15, -0.1) is 0 Å². The quantitative estimate of drug-likeness (QED) is 0.798. The first-order valence-electron chi connectivity index (χ1n) is 5.46. The average molecular weight is 265 g/mol. The van der Waals surface area contributed by atoms with E-state index in [0.29, 0.717) is 12.1 Å². The summed E-state index contributed by atoms with van der Waals surface area (Å²) in [5.41, 5.74) is 2.28. The molecule has 1 aromatic carbocycles. The van der Waals surface area contributed by atoms with Crippen LogP contribution in [-0.2, 0) is 6.54 Å². The third-order valence-electron chi connectivity index (χ3n) is 2.82. The average Bonchev–Trinajstić information content (AvgIpc) is 2.65. The zero-order valence-electron chi connectivity index (χ0n) is 10.2. The first kappa shape index (κ1) is 12.6. The molecule has 0 saturated heterocycles. The van der Waals surface area contributed by atoms with Gasteiger partial charge in [0.15, 0.2) is 11.4 Å². The fraction of sp³-hybridized carbons (Fsp3) is 0.231. The molecule has 0 N–H and O–H groups in total. The van der Waals surface area contributed by atoms with Crippen LogP contribution in [0, 0.1) is 6.92 Å². The molecule has 0 fully saturated rings. The Balaban J connectivity index is 2.25. The molecule has 0 radical (unpaired) electrons. The van der Waals surface area contributed by atoms with Crippen LogP contribution in [0.1, 0.15) is 21.6 Å². The van der Waals surface area contributed by atoms with E-state index >= 15 is 0 Å². The van der Waals surface area contributed by atoms with Crippen LogP contribution in [0.3, 0.4) is 0 Å². The number of rotatable bonds is 4. The summed E-state index contributed by atoms with van der Waals surface area (Å²) in [6, 6.07) is 7.68. The van der Waals surface area contributed by atoms with E-state index in [-0.39, 0.29) is 5.15 Å². The summed E-state index contributed by atoms with van der Waals surface area (Å²) in [6.07, 6.45) is 0.731. The van der Waals surface area contributed by atoms with E-state index in [9.17, 15) is 4.79 Å². The minimum atomic E-state index is 0.246. The van der Waals surface area contributed by atoms with Crippen molar-refractivity contribution in [1.82, 2.24) is 9.78 Å². The van der Waals surface area contributed by atoms with Gasteiger partial charge in [0.25, 0.3) is 0 Å².